The molecular formula is C14H14ClFN2. The molecule has 0 aliphatic carbocycles. The zero-order valence-corrected chi connectivity index (χ0v) is 10.8. The van der Waals surface area contributed by atoms with Crippen molar-refractivity contribution < 1.29 is 4.39 Å². The van der Waals surface area contributed by atoms with E-state index in [4.69, 9.17) is 11.6 Å². The highest BCUT2D eigenvalue weighted by molar-refractivity contribution is 6.30. The van der Waals surface area contributed by atoms with Gasteiger partial charge >= 0.3 is 0 Å². The van der Waals surface area contributed by atoms with Crippen LogP contribution in [-0.2, 0) is 0 Å². The molecule has 0 saturated heterocycles. The molecule has 1 N–H and O–H groups in total. The lowest BCUT2D eigenvalue weighted by atomic mass is 10.0. The Morgan fingerprint density at radius 1 is 1.22 bits per heavy atom. The second kappa shape index (κ2) is 5.83. The van der Waals surface area contributed by atoms with Gasteiger partial charge in [-0.2, -0.15) is 4.39 Å². The Labute approximate surface area is 111 Å². The fraction of sp³-hybridized carbons (Fsp3) is 0.214. The Morgan fingerprint density at radius 3 is 2.50 bits per heavy atom. The number of nitrogens with zero attached hydrogens (tertiary/aromatic N) is 1. The Morgan fingerprint density at radius 2 is 1.94 bits per heavy atom. The summed E-state index contributed by atoms with van der Waals surface area (Å²) < 4.78 is 12.7. The van der Waals surface area contributed by atoms with Gasteiger partial charge in [0.25, 0.3) is 0 Å². The summed E-state index contributed by atoms with van der Waals surface area (Å²) in [6.45, 7) is 2.09. The summed E-state index contributed by atoms with van der Waals surface area (Å²) in [5.41, 5.74) is 1.95. The maximum atomic E-state index is 12.7. The van der Waals surface area contributed by atoms with Crippen LogP contribution in [0.3, 0.4) is 0 Å². The van der Waals surface area contributed by atoms with E-state index in [0.29, 0.717) is 0 Å². The van der Waals surface area contributed by atoms with Crippen LogP contribution in [0.2, 0.25) is 5.02 Å². The van der Waals surface area contributed by atoms with Gasteiger partial charge in [-0.15, -0.1) is 0 Å². The molecule has 18 heavy (non-hydrogen) atoms. The molecule has 0 saturated carbocycles. The maximum absolute atomic E-state index is 12.7. The maximum Gasteiger partial charge on any atom is 0.212 e. The second-order valence-electron chi connectivity index (χ2n) is 4.03. The summed E-state index contributed by atoms with van der Waals surface area (Å²) in [6, 6.07) is 10.9. The Kier molecular flexibility index (Phi) is 4.15. The van der Waals surface area contributed by atoms with Gasteiger partial charge in [-0.3, -0.25) is 0 Å². The number of aromatic nitrogens is 1. The minimum atomic E-state index is -0.472. The van der Waals surface area contributed by atoms with Gasteiger partial charge in [0.15, 0.2) is 0 Å². The van der Waals surface area contributed by atoms with Crippen molar-refractivity contribution in [3.8, 4) is 0 Å². The molecule has 1 heterocycles. The van der Waals surface area contributed by atoms with Crippen LogP contribution in [0.25, 0.3) is 0 Å². The van der Waals surface area contributed by atoms with Gasteiger partial charge in [0, 0.05) is 5.02 Å². The second-order valence-corrected chi connectivity index (χ2v) is 4.46. The highest BCUT2D eigenvalue weighted by atomic mass is 35.5. The monoisotopic (exact) mass is 264 g/mol. The van der Waals surface area contributed by atoms with E-state index >= 15 is 0 Å². The van der Waals surface area contributed by atoms with E-state index in [1.54, 1.807) is 6.07 Å². The third-order valence-electron chi connectivity index (χ3n) is 2.75. The van der Waals surface area contributed by atoms with Crippen LogP contribution in [0.15, 0.2) is 42.6 Å². The van der Waals surface area contributed by atoms with Crippen molar-refractivity contribution in [3.63, 3.8) is 0 Å². The van der Waals surface area contributed by atoms with Gasteiger partial charge < -0.3 is 5.32 Å². The van der Waals surface area contributed by atoms with Crippen LogP contribution in [-0.4, -0.2) is 4.98 Å². The van der Waals surface area contributed by atoms with Gasteiger partial charge in [-0.05, 0) is 36.2 Å². The summed E-state index contributed by atoms with van der Waals surface area (Å²) in [5, 5.41) is 4.04. The predicted octanol–water partition coefficient (Wildman–Crippen LogP) is 4.44. The average molecular weight is 265 g/mol. The molecule has 1 unspecified atom stereocenters. The molecule has 1 atom stereocenters. The van der Waals surface area contributed by atoms with E-state index in [9.17, 15) is 4.39 Å². The Hall–Kier alpha value is -1.61. The van der Waals surface area contributed by atoms with Crippen molar-refractivity contribution in [1.82, 2.24) is 4.98 Å². The van der Waals surface area contributed by atoms with Crippen LogP contribution in [0.1, 0.15) is 24.9 Å². The van der Waals surface area contributed by atoms with E-state index in [1.807, 2.05) is 24.3 Å². The number of benzene rings is 1. The van der Waals surface area contributed by atoms with E-state index in [0.717, 1.165) is 22.7 Å². The molecule has 2 aromatic rings. The molecule has 1 aromatic heterocycles. The Bertz CT molecular complexity index is 496. The molecule has 1 aromatic carbocycles. The summed E-state index contributed by atoms with van der Waals surface area (Å²) in [7, 11) is 0. The van der Waals surface area contributed by atoms with Gasteiger partial charge in [0.05, 0.1) is 17.9 Å². The normalized spacial score (nSPS) is 12.2. The topological polar surface area (TPSA) is 24.9 Å². The molecular weight excluding hydrogens is 251 g/mol. The van der Waals surface area contributed by atoms with Gasteiger partial charge in [-0.1, -0.05) is 30.7 Å². The standard InChI is InChI=1S/C14H14ClFN2/c1-2-13(10-3-5-11(15)6-4-10)18-12-7-8-14(16)17-9-12/h3-9,13,18H,2H2,1H3. The minimum absolute atomic E-state index is 0.162. The molecule has 2 rings (SSSR count). The number of hydrogen-bond donors (Lipinski definition) is 1. The molecule has 94 valence electrons. The first-order valence-electron chi connectivity index (χ1n) is 5.82. The third-order valence-corrected chi connectivity index (χ3v) is 3.00. The summed E-state index contributed by atoms with van der Waals surface area (Å²) >= 11 is 5.87. The lowest BCUT2D eigenvalue weighted by Gasteiger charge is -2.18. The molecule has 0 aliphatic heterocycles. The molecule has 0 fully saturated rings. The molecule has 0 amide bonds. The minimum Gasteiger partial charge on any atom is -0.377 e. The van der Waals surface area contributed by atoms with E-state index in [1.165, 1.54) is 12.3 Å². The number of anilines is 1. The number of nitrogens with one attached hydrogen (secondary N) is 1. The predicted molar refractivity (Wildman–Crippen MR) is 72.3 cm³/mol. The smallest absolute Gasteiger partial charge is 0.212 e. The fourth-order valence-corrected chi connectivity index (χ4v) is 1.90. The van der Waals surface area contributed by atoms with E-state index in [2.05, 4.69) is 17.2 Å². The highest BCUT2D eigenvalue weighted by Gasteiger charge is 2.09. The van der Waals surface area contributed by atoms with E-state index < -0.39 is 5.95 Å². The first-order valence-corrected chi connectivity index (χ1v) is 6.20. The lowest BCUT2D eigenvalue weighted by Crippen LogP contribution is -2.09. The number of hydrogen-bond acceptors (Lipinski definition) is 2. The summed E-state index contributed by atoms with van der Waals surface area (Å²) in [4.78, 5) is 3.62. The largest absolute Gasteiger partial charge is 0.377 e. The van der Waals surface area contributed by atoms with Crippen LogP contribution in [0.4, 0.5) is 10.1 Å². The molecule has 2 nitrogen and oxygen atoms in total. The van der Waals surface area contributed by atoms with Crippen LogP contribution < -0.4 is 5.32 Å². The quantitative estimate of drug-likeness (QED) is 0.826. The zero-order chi connectivity index (χ0) is 13.0. The van der Waals surface area contributed by atoms with Crippen molar-refractivity contribution in [2.45, 2.75) is 19.4 Å². The molecule has 0 spiro atoms. The van der Waals surface area contributed by atoms with Crippen LogP contribution >= 0.6 is 11.6 Å². The fourth-order valence-electron chi connectivity index (χ4n) is 1.78. The molecule has 0 aliphatic rings. The van der Waals surface area contributed by atoms with Crippen molar-refractivity contribution >= 4 is 17.3 Å². The summed E-state index contributed by atoms with van der Waals surface area (Å²) in [6.07, 6.45) is 2.41. The molecule has 0 radical (unpaired) electrons. The van der Waals surface area contributed by atoms with Crippen molar-refractivity contribution in [2.24, 2.45) is 0 Å². The number of halogens is 2. The van der Waals surface area contributed by atoms with Crippen molar-refractivity contribution in [3.05, 3.63) is 59.1 Å². The highest BCUT2D eigenvalue weighted by Crippen LogP contribution is 2.23. The van der Waals surface area contributed by atoms with Gasteiger partial charge in [0.2, 0.25) is 5.95 Å². The van der Waals surface area contributed by atoms with Gasteiger partial charge in [-0.25, -0.2) is 4.98 Å². The van der Waals surface area contributed by atoms with Crippen molar-refractivity contribution in [2.75, 3.05) is 5.32 Å². The summed E-state index contributed by atoms with van der Waals surface area (Å²) in [5.74, 6) is -0.472. The average Bonchev–Trinajstić information content (AvgIpc) is 2.39. The number of pyridine rings is 1. The van der Waals surface area contributed by atoms with Crippen LogP contribution in [0.5, 0.6) is 0 Å². The zero-order valence-electron chi connectivity index (χ0n) is 10.0. The third kappa shape index (κ3) is 3.20. The first kappa shape index (κ1) is 12.8. The van der Waals surface area contributed by atoms with Crippen LogP contribution in [0, 0.1) is 5.95 Å². The number of rotatable bonds is 4. The van der Waals surface area contributed by atoms with Crippen molar-refractivity contribution in [1.29, 1.82) is 0 Å². The SMILES string of the molecule is CCC(Nc1ccc(F)nc1)c1ccc(Cl)cc1. The lowest BCUT2D eigenvalue weighted by molar-refractivity contribution is 0.583. The molecule has 0 bridgehead atoms. The van der Waals surface area contributed by atoms with Gasteiger partial charge in [0.1, 0.15) is 0 Å². The first-order chi connectivity index (χ1) is 8.69. The van der Waals surface area contributed by atoms with E-state index in [-0.39, 0.29) is 6.04 Å². The molecule has 4 heteroatoms. The Balaban J connectivity index is 2.14.